The zero-order valence-corrected chi connectivity index (χ0v) is 8.15. The highest BCUT2D eigenvalue weighted by molar-refractivity contribution is 7.84. The summed E-state index contributed by atoms with van der Waals surface area (Å²) in [6.45, 7) is 10.5. The van der Waals surface area contributed by atoms with Crippen molar-refractivity contribution in [2.24, 2.45) is 0 Å². The van der Waals surface area contributed by atoms with E-state index in [1.807, 2.05) is 31.2 Å². The van der Waals surface area contributed by atoms with Gasteiger partial charge in [0.1, 0.15) is 11.0 Å². The maximum absolute atomic E-state index is 11.6. The van der Waals surface area contributed by atoms with Gasteiger partial charge in [-0.2, -0.15) is 0 Å². The Labute approximate surface area is 70.9 Å². The van der Waals surface area contributed by atoms with Crippen LogP contribution in [-0.2, 0) is 11.0 Å². The molecule has 1 saturated heterocycles. The van der Waals surface area contributed by atoms with Gasteiger partial charge in [-0.05, 0) is 20.8 Å². The van der Waals surface area contributed by atoms with Crippen LogP contribution in [0.15, 0.2) is 12.7 Å². The molecule has 0 N–H and O–H groups in total. The van der Waals surface area contributed by atoms with Gasteiger partial charge in [0.2, 0.25) is 0 Å². The van der Waals surface area contributed by atoms with E-state index >= 15 is 0 Å². The molecule has 3 atom stereocenters. The Balaban J connectivity index is 2.52. The van der Waals surface area contributed by atoms with Crippen LogP contribution in [0.5, 0.6) is 0 Å². The van der Waals surface area contributed by atoms with Gasteiger partial charge in [0.25, 0.3) is 0 Å². The first kappa shape index (κ1) is 8.94. The van der Waals surface area contributed by atoms with Crippen molar-refractivity contribution in [1.29, 1.82) is 0 Å². The summed E-state index contributed by atoms with van der Waals surface area (Å²) in [6.07, 6.45) is 1.85. The molecule has 64 valence electrons. The molecule has 0 saturated carbocycles. The zero-order chi connectivity index (χ0) is 8.65. The molecule has 11 heavy (non-hydrogen) atoms. The predicted molar refractivity (Wildman–Crippen MR) is 48.6 cm³/mol. The van der Waals surface area contributed by atoms with Crippen molar-refractivity contribution in [2.75, 3.05) is 6.54 Å². The Hall–Kier alpha value is -0.150. The summed E-state index contributed by atoms with van der Waals surface area (Å²) in [7, 11) is -0.846. The lowest BCUT2D eigenvalue weighted by molar-refractivity contribution is 0.612. The molecule has 3 unspecified atom stereocenters. The van der Waals surface area contributed by atoms with E-state index in [0.717, 1.165) is 6.54 Å². The van der Waals surface area contributed by atoms with Crippen LogP contribution in [0.4, 0.5) is 0 Å². The number of hydrogen-bond acceptors (Lipinski definition) is 1. The minimum absolute atomic E-state index is 0.127. The number of nitrogens with zero attached hydrogens (tertiary/aromatic N) is 1. The van der Waals surface area contributed by atoms with Gasteiger partial charge in [-0.1, -0.05) is 6.08 Å². The summed E-state index contributed by atoms with van der Waals surface area (Å²) < 4.78 is 13.4. The van der Waals surface area contributed by atoms with Crippen LogP contribution in [0.2, 0.25) is 0 Å². The van der Waals surface area contributed by atoms with Crippen molar-refractivity contribution in [2.45, 2.75) is 31.6 Å². The van der Waals surface area contributed by atoms with E-state index < -0.39 is 11.0 Å². The molecule has 0 radical (unpaired) electrons. The first-order valence-corrected chi connectivity index (χ1v) is 4.88. The first-order valence-electron chi connectivity index (χ1n) is 3.78. The van der Waals surface area contributed by atoms with Crippen LogP contribution in [0.25, 0.3) is 0 Å². The van der Waals surface area contributed by atoms with E-state index in [1.54, 1.807) is 0 Å². The monoisotopic (exact) mass is 173 g/mol. The van der Waals surface area contributed by atoms with Gasteiger partial charge in [0.05, 0.1) is 10.8 Å². The van der Waals surface area contributed by atoms with E-state index in [4.69, 9.17) is 0 Å². The largest absolute Gasteiger partial charge is 0.242 e. The number of hydrogen-bond donors (Lipinski definition) is 0. The highest BCUT2D eigenvalue weighted by Crippen LogP contribution is 2.27. The lowest BCUT2D eigenvalue weighted by Crippen LogP contribution is -2.27. The maximum atomic E-state index is 11.6. The van der Waals surface area contributed by atoms with Crippen LogP contribution < -0.4 is 0 Å². The summed E-state index contributed by atoms with van der Waals surface area (Å²) in [5.74, 6) is 0. The lowest BCUT2D eigenvalue weighted by atomic mass is 10.3. The summed E-state index contributed by atoms with van der Waals surface area (Å²) in [4.78, 5) is 0. The van der Waals surface area contributed by atoms with Gasteiger partial charge in [0, 0.05) is 6.54 Å². The topological polar surface area (TPSA) is 20.1 Å². The van der Waals surface area contributed by atoms with E-state index in [0.29, 0.717) is 6.04 Å². The smallest absolute Gasteiger partial charge is 0.100 e. The zero-order valence-electron chi connectivity index (χ0n) is 7.33. The summed E-state index contributed by atoms with van der Waals surface area (Å²) in [5, 5.41) is 0. The van der Waals surface area contributed by atoms with Gasteiger partial charge in [0.15, 0.2) is 0 Å². The minimum atomic E-state index is -0.846. The Bertz CT molecular complexity index is 195. The van der Waals surface area contributed by atoms with Crippen molar-refractivity contribution in [3.8, 4) is 0 Å². The van der Waals surface area contributed by atoms with Crippen molar-refractivity contribution < 1.29 is 4.21 Å². The summed E-state index contributed by atoms with van der Waals surface area (Å²) >= 11 is 0. The molecule has 0 aliphatic carbocycles. The molecular formula is C8H15NOS. The minimum Gasteiger partial charge on any atom is -0.242 e. The Morgan fingerprint density at radius 3 is 2.45 bits per heavy atom. The molecule has 1 rings (SSSR count). The molecule has 3 heteroatoms. The van der Waals surface area contributed by atoms with Crippen molar-refractivity contribution in [3.05, 3.63) is 12.7 Å². The predicted octanol–water partition coefficient (Wildman–Crippen LogP) is 1.32. The fraction of sp³-hybridized carbons (Fsp3) is 0.750. The van der Waals surface area contributed by atoms with Crippen LogP contribution in [0.1, 0.15) is 20.8 Å². The Morgan fingerprint density at radius 2 is 2.18 bits per heavy atom. The van der Waals surface area contributed by atoms with Crippen molar-refractivity contribution in [1.82, 2.24) is 4.31 Å². The standard InChI is InChI=1S/C8H15NOS/c1-5-7-6-9(7)11(10)8(2,3)4/h5,7H,1,6H2,2-4H3. The average Bonchev–Trinajstić information content (AvgIpc) is 2.62. The molecule has 0 spiro atoms. The molecule has 1 aliphatic rings. The van der Waals surface area contributed by atoms with Crippen molar-refractivity contribution in [3.63, 3.8) is 0 Å². The van der Waals surface area contributed by atoms with Crippen LogP contribution in [-0.4, -0.2) is 25.8 Å². The van der Waals surface area contributed by atoms with Crippen LogP contribution >= 0.6 is 0 Å². The molecule has 0 bridgehead atoms. The Morgan fingerprint density at radius 1 is 1.64 bits per heavy atom. The normalized spacial score (nSPS) is 33.0. The highest BCUT2D eigenvalue weighted by atomic mass is 32.2. The third-order valence-corrected chi connectivity index (χ3v) is 3.51. The van der Waals surface area contributed by atoms with Crippen molar-refractivity contribution >= 4 is 11.0 Å². The van der Waals surface area contributed by atoms with Gasteiger partial charge in [-0.15, -0.1) is 6.58 Å². The number of rotatable bonds is 2. The molecule has 1 heterocycles. The maximum Gasteiger partial charge on any atom is 0.100 e. The SMILES string of the molecule is C=CC1CN1S(=O)C(C)(C)C. The third-order valence-electron chi connectivity index (χ3n) is 1.61. The van der Waals surface area contributed by atoms with Gasteiger partial charge >= 0.3 is 0 Å². The molecule has 1 aliphatic heterocycles. The second-order valence-electron chi connectivity index (χ2n) is 3.76. The Kier molecular flexibility index (Phi) is 2.21. The third kappa shape index (κ3) is 1.91. The molecular weight excluding hydrogens is 158 g/mol. The van der Waals surface area contributed by atoms with Gasteiger partial charge in [-0.3, -0.25) is 0 Å². The lowest BCUT2D eigenvalue weighted by Gasteiger charge is -2.17. The fourth-order valence-corrected chi connectivity index (χ4v) is 2.20. The molecule has 2 nitrogen and oxygen atoms in total. The summed E-state index contributed by atoms with van der Waals surface area (Å²) in [5.41, 5.74) is 0. The van der Waals surface area contributed by atoms with E-state index in [9.17, 15) is 4.21 Å². The molecule has 0 aromatic heterocycles. The summed E-state index contributed by atoms with van der Waals surface area (Å²) in [6, 6.07) is 0.357. The van der Waals surface area contributed by atoms with Crippen LogP contribution in [0.3, 0.4) is 0 Å². The second-order valence-corrected chi connectivity index (χ2v) is 5.96. The molecule has 0 aromatic carbocycles. The van der Waals surface area contributed by atoms with Gasteiger partial charge < -0.3 is 0 Å². The van der Waals surface area contributed by atoms with E-state index in [1.165, 1.54) is 0 Å². The van der Waals surface area contributed by atoms with E-state index in [-0.39, 0.29) is 4.75 Å². The first-order chi connectivity index (χ1) is 4.96. The molecule has 0 aromatic rings. The van der Waals surface area contributed by atoms with E-state index in [2.05, 4.69) is 6.58 Å². The quantitative estimate of drug-likeness (QED) is 0.455. The highest BCUT2D eigenvalue weighted by Gasteiger charge is 2.40. The fourth-order valence-electron chi connectivity index (χ4n) is 0.872. The molecule has 0 amide bonds. The molecule has 1 fully saturated rings. The second kappa shape index (κ2) is 2.72. The van der Waals surface area contributed by atoms with Crippen LogP contribution in [0, 0.1) is 0 Å². The average molecular weight is 173 g/mol. The van der Waals surface area contributed by atoms with Gasteiger partial charge in [-0.25, -0.2) is 8.51 Å².